The number of imide groups is 1. The Kier molecular flexibility index (Phi) is 4.69. The van der Waals surface area contributed by atoms with Gasteiger partial charge in [-0.2, -0.15) is 8.42 Å². The molecule has 0 aliphatic carbocycles. The number of benzene rings is 2. The van der Waals surface area contributed by atoms with Crippen molar-refractivity contribution in [2.75, 3.05) is 12.3 Å². The van der Waals surface area contributed by atoms with Crippen molar-refractivity contribution in [2.24, 2.45) is 0 Å². The number of nitrogens with one attached hydrogen (secondary N) is 1. The number of urea groups is 1. The lowest BCUT2D eigenvalue weighted by atomic mass is 9.92. The van der Waals surface area contributed by atoms with E-state index >= 15 is 0 Å². The Morgan fingerprint density at radius 3 is 2.19 bits per heavy atom. The van der Waals surface area contributed by atoms with Crippen LogP contribution in [-0.4, -0.2) is 37.6 Å². The minimum atomic E-state index is -3.94. The molecule has 8 heteroatoms. The van der Waals surface area contributed by atoms with Crippen molar-refractivity contribution in [3.05, 3.63) is 66.2 Å². The highest BCUT2D eigenvalue weighted by Crippen LogP contribution is 2.28. The molecule has 1 aliphatic heterocycles. The maximum Gasteiger partial charge on any atom is 0.325 e. The summed E-state index contributed by atoms with van der Waals surface area (Å²) in [4.78, 5) is 25.8. The Bertz CT molecular complexity index is 915. The molecule has 1 unspecified atom stereocenters. The van der Waals surface area contributed by atoms with Crippen molar-refractivity contribution in [1.82, 2.24) is 10.2 Å². The van der Waals surface area contributed by atoms with E-state index in [9.17, 15) is 18.0 Å². The zero-order valence-electron chi connectivity index (χ0n) is 14.1. The molecule has 1 aliphatic rings. The van der Waals surface area contributed by atoms with Crippen LogP contribution in [0.2, 0.25) is 0 Å². The Labute approximate surface area is 151 Å². The second-order valence-electron chi connectivity index (χ2n) is 6.04. The van der Waals surface area contributed by atoms with Crippen LogP contribution in [0.4, 0.5) is 4.79 Å². The van der Waals surface area contributed by atoms with Crippen LogP contribution in [0.25, 0.3) is 0 Å². The molecule has 1 fully saturated rings. The number of hydrogen-bond acceptors (Lipinski definition) is 5. The van der Waals surface area contributed by atoms with Gasteiger partial charge >= 0.3 is 16.1 Å². The van der Waals surface area contributed by atoms with Crippen LogP contribution in [0.1, 0.15) is 12.5 Å². The van der Waals surface area contributed by atoms with Crippen LogP contribution in [-0.2, 0) is 20.5 Å². The van der Waals surface area contributed by atoms with Crippen molar-refractivity contribution in [1.29, 1.82) is 0 Å². The molecule has 136 valence electrons. The van der Waals surface area contributed by atoms with Crippen molar-refractivity contribution < 1.29 is 22.2 Å². The number of carbonyl (C=O) groups is 2. The van der Waals surface area contributed by atoms with Gasteiger partial charge in [0.05, 0.1) is 0 Å². The normalized spacial score (nSPS) is 20.1. The lowest BCUT2D eigenvalue weighted by Gasteiger charge is -2.22. The van der Waals surface area contributed by atoms with Gasteiger partial charge in [-0.15, -0.1) is 0 Å². The lowest BCUT2D eigenvalue weighted by molar-refractivity contribution is -0.130. The van der Waals surface area contributed by atoms with Gasteiger partial charge < -0.3 is 9.50 Å². The molecule has 0 bridgehead atoms. The lowest BCUT2D eigenvalue weighted by Crippen LogP contribution is -2.41. The molecule has 1 heterocycles. The van der Waals surface area contributed by atoms with E-state index in [0.29, 0.717) is 5.56 Å². The molecule has 0 radical (unpaired) electrons. The SMILES string of the molecule is CC1(c2ccccc2)NC(=O)N(CCS(=O)(=O)Oc2ccccc2)C1=O. The number of carbonyl (C=O) groups excluding carboxylic acids is 2. The summed E-state index contributed by atoms with van der Waals surface area (Å²) < 4.78 is 29.2. The van der Waals surface area contributed by atoms with Crippen molar-refractivity contribution in [2.45, 2.75) is 12.5 Å². The number of nitrogens with zero attached hydrogens (tertiary/aromatic N) is 1. The fraction of sp³-hybridized carbons (Fsp3) is 0.222. The Morgan fingerprint density at radius 2 is 1.58 bits per heavy atom. The van der Waals surface area contributed by atoms with E-state index < -0.39 is 33.3 Å². The first-order chi connectivity index (χ1) is 12.3. The molecule has 2 aromatic carbocycles. The Balaban J connectivity index is 1.70. The molecule has 0 saturated carbocycles. The van der Waals surface area contributed by atoms with Crippen LogP contribution in [0.15, 0.2) is 60.7 Å². The molecule has 0 aromatic heterocycles. The third-order valence-electron chi connectivity index (χ3n) is 4.16. The first kappa shape index (κ1) is 17.9. The van der Waals surface area contributed by atoms with Crippen LogP contribution in [0, 0.1) is 0 Å². The van der Waals surface area contributed by atoms with Gasteiger partial charge in [-0.1, -0.05) is 48.5 Å². The summed E-state index contributed by atoms with van der Waals surface area (Å²) in [6.07, 6.45) is 0. The standard InChI is InChI=1S/C18H18N2O5S/c1-18(14-8-4-2-5-9-14)16(21)20(17(22)19-18)12-13-26(23,24)25-15-10-6-3-7-11-15/h2-11H,12-13H2,1H3,(H,19,22). The molecule has 1 N–H and O–H groups in total. The van der Waals surface area contributed by atoms with Crippen LogP contribution in [0.3, 0.4) is 0 Å². The maximum absolute atomic E-state index is 12.7. The van der Waals surface area contributed by atoms with Gasteiger partial charge in [0.15, 0.2) is 0 Å². The predicted molar refractivity (Wildman–Crippen MR) is 94.9 cm³/mol. The number of rotatable bonds is 6. The quantitative estimate of drug-likeness (QED) is 0.615. The molecule has 0 spiro atoms. The fourth-order valence-electron chi connectivity index (χ4n) is 2.73. The van der Waals surface area contributed by atoms with Crippen molar-refractivity contribution >= 4 is 22.1 Å². The van der Waals surface area contributed by atoms with E-state index in [0.717, 1.165) is 4.90 Å². The van der Waals surface area contributed by atoms with Gasteiger partial charge in [-0.25, -0.2) is 4.79 Å². The molecule has 26 heavy (non-hydrogen) atoms. The van der Waals surface area contributed by atoms with E-state index in [4.69, 9.17) is 4.18 Å². The summed E-state index contributed by atoms with van der Waals surface area (Å²) in [5, 5.41) is 2.63. The summed E-state index contributed by atoms with van der Waals surface area (Å²) in [6, 6.07) is 16.2. The van der Waals surface area contributed by atoms with Crippen molar-refractivity contribution in [3.63, 3.8) is 0 Å². The van der Waals surface area contributed by atoms with Gasteiger partial charge in [0.25, 0.3) is 5.91 Å². The average molecular weight is 374 g/mol. The highest BCUT2D eigenvalue weighted by Gasteiger charge is 2.49. The summed E-state index contributed by atoms with van der Waals surface area (Å²) in [5.74, 6) is -0.811. The Morgan fingerprint density at radius 1 is 1.00 bits per heavy atom. The summed E-state index contributed by atoms with van der Waals surface area (Å²) in [5.41, 5.74) is -0.591. The van der Waals surface area contributed by atoms with Crippen LogP contribution < -0.4 is 9.50 Å². The predicted octanol–water partition coefficient (Wildman–Crippen LogP) is 1.86. The molecular formula is C18H18N2O5S. The first-order valence-electron chi connectivity index (χ1n) is 7.99. The third kappa shape index (κ3) is 3.55. The van der Waals surface area contributed by atoms with Gasteiger partial charge in [0.2, 0.25) is 0 Å². The summed E-state index contributed by atoms with van der Waals surface area (Å²) in [6.45, 7) is 1.31. The maximum atomic E-state index is 12.7. The van der Waals surface area contributed by atoms with Gasteiger partial charge in [0, 0.05) is 6.54 Å². The van der Waals surface area contributed by atoms with E-state index in [1.165, 1.54) is 12.1 Å². The zero-order chi connectivity index (χ0) is 18.8. The molecule has 7 nitrogen and oxygen atoms in total. The summed E-state index contributed by atoms with van der Waals surface area (Å²) in [7, 11) is -3.94. The largest absolute Gasteiger partial charge is 0.382 e. The minimum Gasteiger partial charge on any atom is -0.382 e. The molecule has 3 amide bonds. The van der Waals surface area contributed by atoms with E-state index in [-0.39, 0.29) is 12.3 Å². The molecule has 1 saturated heterocycles. The second kappa shape index (κ2) is 6.80. The highest BCUT2D eigenvalue weighted by molar-refractivity contribution is 7.87. The second-order valence-corrected chi connectivity index (χ2v) is 7.73. The van der Waals surface area contributed by atoms with Gasteiger partial charge in [0.1, 0.15) is 17.0 Å². The average Bonchev–Trinajstić information content (AvgIpc) is 2.84. The highest BCUT2D eigenvalue weighted by atomic mass is 32.2. The van der Waals surface area contributed by atoms with E-state index in [2.05, 4.69) is 5.32 Å². The number of para-hydroxylation sites is 1. The molecule has 2 aromatic rings. The molecule has 1 atom stereocenters. The summed E-state index contributed by atoms with van der Waals surface area (Å²) >= 11 is 0. The number of hydrogen-bond donors (Lipinski definition) is 1. The smallest absolute Gasteiger partial charge is 0.325 e. The first-order valence-corrected chi connectivity index (χ1v) is 9.56. The topological polar surface area (TPSA) is 92.8 Å². The number of amides is 3. The monoisotopic (exact) mass is 374 g/mol. The van der Waals surface area contributed by atoms with E-state index in [1.54, 1.807) is 55.5 Å². The fourth-order valence-corrected chi connectivity index (χ4v) is 3.63. The van der Waals surface area contributed by atoms with Crippen LogP contribution >= 0.6 is 0 Å². The Hall–Kier alpha value is -2.87. The van der Waals surface area contributed by atoms with Gasteiger partial charge in [-0.3, -0.25) is 9.69 Å². The van der Waals surface area contributed by atoms with E-state index in [1.807, 2.05) is 0 Å². The zero-order valence-corrected chi connectivity index (χ0v) is 14.9. The third-order valence-corrected chi connectivity index (χ3v) is 5.29. The van der Waals surface area contributed by atoms with Crippen molar-refractivity contribution in [3.8, 4) is 5.75 Å². The molecule has 3 rings (SSSR count). The van der Waals surface area contributed by atoms with Crippen LogP contribution in [0.5, 0.6) is 5.75 Å². The molecular weight excluding hydrogens is 356 g/mol. The minimum absolute atomic E-state index is 0.179. The van der Waals surface area contributed by atoms with Gasteiger partial charge in [-0.05, 0) is 24.6 Å².